The third-order valence-corrected chi connectivity index (χ3v) is 3.07. The number of alkyl halides is 4. The molecule has 0 N–H and O–H groups in total. The van der Waals surface area contributed by atoms with Crippen molar-refractivity contribution in [3.63, 3.8) is 0 Å². The number of halogens is 4. The maximum atomic E-state index is 12.6. The summed E-state index contributed by atoms with van der Waals surface area (Å²) in [7, 11) is -4.89. The van der Waals surface area contributed by atoms with Crippen molar-refractivity contribution < 1.29 is 49.4 Å². The van der Waals surface area contributed by atoms with E-state index >= 15 is 0 Å². The first-order valence-electron chi connectivity index (χ1n) is 5.28. The fraction of sp³-hybridized carbons (Fsp3) is 1.00. The second kappa shape index (κ2) is 9.18. The van der Waals surface area contributed by atoms with E-state index in [2.05, 4.69) is 0 Å². The van der Waals surface area contributed by atoms with Gasteiger partial charge >= 0.3 is 25.0 Å². The van der Waals surface area contributed by atoms with Crippen LogP contribution in [0.25, 0.3) is 0 Å². The van der Waals surface area contributed by atoms with Gasteiger partial charge in [0.15, 0.2) is 5.50 Å². The summed E-state index contributed by atoms with van der Waals surface area (Å²) in [4.78, 5) is 0. The minimum absolute atomic E-state index is 0. The maximum absolute atomic E-state index is 12.6. The number of hydrogen-bond donors (Lipinski definition) is 0. The summed E-state index contributed by atoms with van der Waals surface area (Å²) in [6, 6.07) is 0. The molecule has 1 unspecified atom stereocenters. The van der Waals surface area contributed by atoms with E-state index in [4.69, 9.17) is 0 Å². The van der Waals surface area contributed by atoms with Crippen molar-refractivity contribution in [2.45, 2.75) is 56.6 Å². The van der Waals surface area contributed by atoms with Gasteiger partial charge in [0, 0.05) is 6.42 Å². The first-order valence-corrected chi connectivity index (χ1v) is 6.75. The van der Waals surface area contributed by atoms with Gasteiger partial charge in [-0.2, -0.15) is 13.2 Å². The Kier molecular flexibility index (Phi) is 10.5. The standard InChI is InChI=1S/C9H16F4O3S.Li/c10-8(17(14,15)16)6-4-2-1-3-5-7-9(11,12)13;/h8H,1-7H2,(H,14,15,16);/q;+1/p-1. The smallest absolute Gasteiger partial charge is 0.746 e. The zero-order valence-corrected chi connectivity index (χ0v) is 11.0. The fourth-order valence-corrected chi connectivity index (χ4v) is 1.76. The zero-order valence-electron chi connectivity index (χ0n) is 10.2. The number of unbranched alkanes of at least 4 members (excludes halogenated alkanes) is 4. The molecule has 0 aromatic rings. The summed E-state index contributed by atoms with van der Waals surface area (Å²) in [5.41, 5.74) is -2.40. The van der Waals surface area contributed by atoms with Crippen molar-refractivity contribution in [2.24, 2.45) is 0 Å². The van der Waals surface area contributed by atoms with Gasteiger partial charge in [-0.3, -0.25) is 0 Å². The SMILES string of the molecule is O=S(=O)([O-])C(F)CCCCCCCC(F)(F)F.[Li+]. The van der Waals surface area contributed by atoms with Gasteiger partial charge in [0.25, 0.3) is 0 Å². The Hall–Kier alpha value is 0.227. The van der Waals surface area contributed by atoms with E-state index in [1.165, 1.54) is 0 Å². The molecule has 0 fully saturated rings. The van der Waals surface area contributed by atoms with Crippen LogP contribution in [0.5, 0.6) is 0 Å². The second-order valence-electron chi connectivity index (χ2n) is 3.82. The molecule has 0 aliphatic rings. The van der Waals surface area contributed by atoms with Crippen molar-refractivity contribution in [3.05, 3.63) is 0 Å². The van der Waals surface area contributed by atoms with Crippen molar-refractivity contribution in [3.8, 4) is 0 Å². The Bertz CT molecular complexity index is 305. The molecule has 0 spiro atoms. The minimum Gasteiger partial charge on any atom is -0.746 e. The van der Waals surface area contributed by atoms with Crippen LogP contribution in [0.2, 0.25) is 0 Å². The van der Waals surface area contributed by atoms with Crippen LogP contribution in [0.3, 0.4) is 0 Å². The summed E-state index contributed by atoms with van der Waals surface area (Å²) in [5, 5.41) is 0. The van der Waals surface area contributed by atoms with Gasteiger partial charge in [0.1, 0.15) is 10.1 Å². The van der Waals surface area contributed by atoms with Gasteiger partial charge in [-0.15, -0.1) is 0 Å². The maximum Gasteiger partial charge on any atom is 1.00 e. The van der Waals surface area contributed by atoms with Gasteiger partial charge in [-0.1, -0.05) is 19.3 Å². The first kappa shape index (κ1) is 20.5. The average molecular weight is 286 g/mol. The summed E-state index contributed by atoms with van der Waals surface area (Å²) < 4.78 is 78.2. The van der Waals surface area contributed by atoms with Gasteiger partial charge in [0.05, 0.1) is 0 Å². The van der Waals surface area contributed by atoms with Gasteiger partial charge in [-0.25, -0.2) is 12.8 Å². The molecule has 3 nitrogen and oxygen atoms in total. The molecule has 18 heavy (non-hydrogen) atoms. The topological polar surface area (TPSA) is 57.2 Å². The molecule has 0 bridgehead atoms. The molecular formula is C9H15F4LiO3S. The summed E-state index contributed by atoms with van der Waals surface area (Å²) in [5.74, 6) is 0. The molecule has 9 heteroatoms. The molecule has 0 saturated carbocycles. The average Bonchev–Trinajstić information content (AvgIpc) is 2.12. The molecule has 104 valence electrons. The molecule has 1 atom stereocenters. The van der Waals surface area contributed by atoms with Crippen LogP contribution in [0.15, 0.2) is 0 Å². The predicted octanol–water partition coefficient (Wildman–Crippen LogP) is 0.124. The first-order chi connectivity index (χ1) is 7.63. The van der Waals surface area contributed by atoms with E-state index in [9.17, 15) is 30.5 Å². The number of rotatable bonds is 8. The van der Waals surface area contributed by atoms with E-state index < -0.39 is 28.2 Å². The van der Waals surface area contributed by atoms with Gasteiger partial charge < -0.3 is 4.55 Å². The van der Waals surface area contributed by atoms with Crippen LogP contribution < -0.4 is 18.9 Å². The Labute approximate surface area is 116 Å². The summed E-state index contributed by atoms with van der Waals surface area (Å²) in [6.45, 7) is 0. The second-order valence-corrected chi connectivity index (χ2v) is 5.32. The minimum atomic E-state index is -4.89. The van der Waals surface area contributed by atoms with Crippen LogP contribution >= 0.6 is 0 Å². The Balaban J connectivity index is 0. The molecular weight excluding hydrogens is 271 g/mol. The molecule has 0 aliphatic carbocycles. The molecule has 0 aromatic carbocycles. The normalized spacial score (nSPS) is 14.1. The van der Waals surface area contributed by atoms with E-state index in [1.807, 2.05) is 0 Å². The van der Waals surface area contributed by atoms with Crippen molar-refractivity contribution in [1.82, 2.24) is 0 Å². The van der Waals surface area contributed by atoms with E-state index in [0.29, 0.717) is 19.3 Å². The van der Waals surface area contributed by atoms with Crippen molar-refractivity contribution >= 4 is 10.1 Å². The van der Waals surface area contributed by atoms with Crippen LogP contribution in [0.4, 0.5) is 17.6 Å². The fourth-order valence-electron chi connectivity index (χ4n) is 1.30. The van der Waals surface area contributed by atoms with Crippen molar-refractivity contribution in [2.75, 3.05) is 0 Å². The van der Waals surface area contributed by atoms with Crippen LogP contribution in [-0.2, 0) is 10.1 Å². The van der Waals surface area contributed by atoms with Crippen molar-refractivity contribution in [1.29, 1.82) is 0 Å². The Morgan fingerprint density at radius 1 is 1.00 bits per heavy atom. The van der Waals surface area contributed by atoms with Crippen LogP contribution in [-0.4, -0.2) is 24.7 Å². The third kappa shape index (κ3) is 12.7. The molecule has 0 amide bonds. The molecule has 0 heterocycles. The predicted molar refractivity (Wildman–Crippen MR) is 53.0 cm³/mol. The molecule has 0 radical (unpaired) electrons. The molecule has 0 aliphatic heterocycles. The summed E-state index contributed by atoms with van der Waals surface area (Å²) >= 11 is 0. The van der Waals surface area contributed by atoms with E-state index in [1.54, 1.807) is 0 Å². The van der Waals surface area contributed by atoms with Gasteiger partial charge in [-0.05, 0) is 19.3 Å². The molecule has 0 aromatic heterocycles. The molecule has 0 saturated heterocycles. The van der Waals surface area contributed by atoms with Gasteiger partial charge in [0.2, 0.25) is 0 Å². The van der Waals surface area contributed by atoms with E-state index in [0.717, 1.165) is 0 Å². The molecule has 0 rings (SSSR count). The Morgan fingerprint density at radius 2 is 1.44 bits per heavy atom. The zero-order chi connectivity index (χ0) is 13.5. The Morgan fingerprint density at radius 3 is 1.89 bits per heavy atom. The van der Waals surface area contributed by atoms with Crippen LogP contribution in [0, 0.1) is 0 Å². The quantitative estimate of drug-likeness (QED) is 0.276. The monoisotopic (exact) mass is 286 g/mol. The third-order valence-electron chi connectivity index (χ3n) is 2.20. The largest absolute Gasteiger partial charge is 1.00 e. The van der Waals surface area contributed by atoms with E-state index in [-0.39, 0.29) is 38.1 Å². The van der Waals surface area contributed by atoms with Crippen LogP contribution in [0.1, 0.15) is 44.9 Å². The summed E-state index contributed by atoms with van der Waals surface area (Å²) in [6.07, 6.45) is -3.91. The number of hydrogen-bond acceptors (Lipinski definition) is 3.